The number of benzene rings is 1. The van der Waals surface area contributed by atoms with Crippen LogP contribution in [0.3, 0.4) is 0 Å². The summed E-state index contributed by atoms with van der Waals surface area (Å²) >= 11 is 3.30. The number of piperidine rings is 1. The molecule has 11 heteroatoms. The van der Waals surface area contributed by atoms with E-state index in [1.165, 1.54) is 12.4 Å². The highest BCUT2D eigenvalue weighted by Gasteiger charge is 2.64. The highest BCUT2D eigenvalue weighted by Crippen LogP contribution is 2.59. The van der Waals surface area contributed by atoms with Crippen molar-refractivity contribution in [1.29, 1.82) is 0 Å². The van der Waals surface area contributed by atoms with E-state index in [1.54, 1.807) is 34.6 Å². The molecule has 2 aliphatic rings. The molecule has 6 rings (SSSR count). The minimum Gasteiger partial charge on any atom is -0.383 e. The van der Waals surface area contributed by atoms with E-state index in [0.717, 1.165) is 12.0 Å². The number of nitrogen functional groups attached to an aromatic ring is 1. The molecule has 1 aromatic carbocycles. The number of hydrogen-bond donors (Lipinski definition) is 2. The SMILES string of the molecule is Cc1cc(F)c2c(c1)c1c(N)ncnc1n2CC(=O)N1[C@H](C(=O)Nc2cccc(Br)n2)C[C@@]2(C)C[C@@H]12. The maximum atomic E-state index is 15.2. The third kappa shape index (κ3) is 3.52. The van der Waals surface area contributed by atoms with Crippen molar-refractivity contribution in [2.45, 2.75) is 45.3 Å². The molecule has 2 amide bonds. The third-order valence-corrected chi connectivity index (χ3v) is 7.79. The molecule has 3 aromatic heterocycles. The predicted molar refractivity (Wildman–Crippen MR) is 136 cm³/mol. The fourth-order valence-electron chi connectivity index (χ4n) is 5.58. The van der Waals surface area contributed by atoms with Gasteiger partial charge in [0.15, 0.2) is 0 Å². The van der Waals surface area contributed by atoms with E-state index in [2.05, 4.69) is 43.1 Å². The number of hydrogen-bond acceptors (Lipinski definition) is 6. The number of nitrogens with two attached hydrogens (primary N) is 1. The van der Waals surface area contributed by atoms with E-state index in [4.69, 9.17) is 5.73 Å². The Bertz CT molecular complexity index is 1590. The number of aryl methyl sites for hydroxylation is 1. The van der Waals surface area contributed by atoms with Gasteiger partial charge in [-0.1, -0.05) is 13.0 Å². The molecule has 1 saturated heterocycles. The first-order valence-electron chi connectivity index (χ1n) is 11.6. The highest BCUT2D eigenvalue weighted by molar-refractivity contribution is 9.10. The average molecular weight is 552 g/mol. The normalized spacial score (nSPS) is 22.7. The summed E-state index contributed by atoms with van der Waals surface area (Å²) in [6.07, 6.45) is 2.68. The summed E-state index contributed by atoms with van der Waals surface area (Å²) in [6.45, 7) is 3.69. The van der Waals surface area contributed by atoms with Gasteiger partial charge in [0, 0.05) is 11.4 Å². The number of carbonyl (C=O) groups is 2. The minimum absolute atomic E-state index is 0.0453. The summed E-state index contributed by atoms with van der Waals surface area (Å²) in [7, 11) is 0. The number of aromatic nitrogens is 4. The molecule has 0 bridgehead atoms. The largest absolute Gasteiger partial charge is 0.383 e. The Balaban J connectivity index is 1.37. The molecule has 1 aliphatic heterocycles. The lowest BCUT2D eigenvalue weighted by molar-refractivity contribution is -0.138. The van der Waals surface area contributed by atoms with Gasteiger partial charge in [0.05, 0.1) is 10.9 Å². The van der Waals surface area contributed by atoms with Crippen LogP contribution in [0.4, 0.5) is 16.0 Å². The van der Waals surface area contributed by atoms with Gasteiger partial charge in [0.2, 0.25) is 11.8 Å². The standard InChI is InChI=1S/C25H23BrFN7O2/c1-12-6-13-20-22(28)29-11-30-23(20)33(21(13)14(27)7-12)10-19(35)34-15(8-25(2)9-16(25)34)24(36)32-18-5-3-4-17(26)31-18/h3-7,11,15-16H,8-10H2,1-2H3,(H2,28,29,30)(H,31,32,36)/t15-,16+,25-/m0/s1. The fraction of sp³-hybridized carbons (Fsp3) is 0.320. The van der Waals surface area contributed by atoms with Crippen molar-refractivity contribution in [3.63, 3.8) is 0 Å². The number of nitrogens with one attached hydrogen (secondary N) is 1. The summed E-state index contributed by atoms with van der Waals surface area (Å²) in [6, 6.07) is 7.77. The van der Waals surface area contributed by atoms with Gasteiger partial charge in [-0.15, -0.1) is 0 Å². The Kier molecular flexibility index (Phi) is 5.05. The Hall–Kier alpha value is -3.60. The summed E-state index contributed by atoms with van der Waals surface area (Å²) in [5.41, 5.74) is 7.37. The van der Waals surface area contributed by atoms with Crippen molar-refractivity contribution in [3.05, 3.63) is 52.6 Å². The topological polar surface area (TPSA) is 119 Å². The molecule has 36 heavy (non-hydrogen) atoms. The molecule has 1 saturated carbocycles. The predicted octanol–water partition coefficient (Wildman–Crippen LogP) is 3.79. The molecular weight excluding hydrogens is 529 g/mol. The van der Waals surface area contributed by atoms with Gasteiger partial charge >= 0.3 is 0 Å². The van der Waals surface area contributed by atoms with Crippen molar-refractivity contribution >= 4 is 61.3 Å². The van der Waals surface area contributed by atoms with Crippen LogP contribution in [-0.4, -0.2) is 48.3 Å². The molecule has 184 valence electrons. The van der Waals surface area contributed by atoms with E-state index in [0.29, 0.717) is 33.3 Å². The number of amides is 2. The monoisotopic (exact) mass is 551 g/mol. The van der Waals surface area contributed by atoms with Gasteiger partial charge in [-0.3, -0.25) is 9.59 Å². The van der Waals surface area contributed by atoms with Crippen LogP contribution in [0.1, 0.15) is 25.3 Å². The number of halogens is 2. The van der Waals surface area contributed by atoms with E-state index >= 15 is 4.39 Å². The number of fused-ring (bicyclic) bond motifs is 4. The van der Waals surface area contributed by atoms with Crippen molar-refractivity contribution in [1.82, 2.24) is 24.4 Å². The number of carbonyl (C=O) groups excluding carboxylic acids is 2. The van der Waals surface area contributed by atoms with Crippen LogP contribution < -0.4 is 11.1 Å². The molecule has 3 N–H and O–H groups in total. The number of pyridine rings is 1. The summed E-state index contributed by atoms with van der Waals surface area (Å²) in [5.74, 6) is -0.421. The Labute approximate surface area is 214 Å². The van der Waals surface area contributed by atoms with Gasteiger partial charge < -0.3 is 20.5 Å². The zero-order chi connectivity index (χ0) is 25.4. The quantitative estimate of drug-likeness (QED) is 0.372. The Morgan fingerprint density at radius 3 is 2.86 bits per heavy atom. The molecule has 9 nitrogen and oxygen atoms in total. The van der Waals surface area contributed by atoms with Crippen LogP contribution >= 0.6 is 15.9 Å². The molecule has 3 atom stereocenters. The van der Waals surface area contributed by atoms with Gasteiger partial charge in [-0.25, -0.2) is 19.3 Å². The fourth-order valence-corrected chi connectivity index (χ4v) is 5.92. The number of rotatable bonds is 4. The molecule has 0 unspecified atom stereocenters. The second-order valence-electron chi connectivity index (χ2n) is 9.92. The maximum absolute atomic E-state index is 15.2. The first kappa shape index (κ1) is 22.8. The van der Waals surface area contributed by atoms with Crippen LogP contribution in [0.15, 0.2) is 41.3 Å². The second kappa shape index (κ2) is 7.95. The number of likely N-dealkylation sites (tertiary alicyclic amines) is 1. The van der Waals surface area contributed by atoms with E-state index < -0.39 is 11.9 Å². The van der Waals surface area contributed by atoms with E-state index in [-0.39, 0.29) is 41.2 Å². The zero-order valence-corrected chi connectivity index (χ0v) is 21.2. The first-order valence-corrected chi connectivity index (χ1v) is 12.4. The van der Waals surface area contributed by atoms with Crippen LogP contribution in [0.2, 0.25) is 0 Å². The van der Waals surface area contributed by atoms with Crippen LogP contribution in [0.25, 0.3) is 21.9 Å². The van der Waals surface area contributed by atoms with Crippen molar-refractivity contribution in [2.75, 3.05) is 11.1 Å². The van der Waals surface area contributed by atoms with Crippen LogP contribution in [0.5, 0.6) is 0 Å². The van der Waals surface area contributed by atoms with Crippen LogP contribution in [0, 0.1) is 18.2 Å². The average Bonchev–Trinajstić information content (AvgIpc) is 3.21. The van der Waals surface area contributed by atoms with Gasteiger partial charge in [0.25, 0.3) is 0 Å². The van der Waals surface area contributed by atoms with Gasteiger partial charge in [-0.2, -0.15) is 0 Å². The lowest BCUT2D eigenvalue weighted by Gasteiger charge is -2.27. The van der Waals surface area contributed by atoms with Crippen LogP contribution in [-0.2, 0) is 16.1 Å². The maximum Gasteiger partial charge on any atom is 0.248 e. The van der Waals surface area contributed by atoms with Gasteiger partial charge in [0.1, 0.15) is 46.6 Å². The van der Waals surface area contributed by atoms with E-state index in [9.17, 15) is 9.59 Å². The third-order valence-electron chi connectivity index (χ3n) is 7.34. The molecule has 1 aliphatic carbocycles. The summed E-state index contributed by atoms with van der Waals surface area (Å²) < 4.78 is 17.4. The summed E-state index contributed by atoms with van der Waals surface area (Å²) in [4.78, 5) is 41.3. The molecule has 4 aromatic rings. The Morgan fingerprint density at radius 1 is 1.28 bits per heavy atom. The molecular formula is C25H23BrFN7O2. The number of nitrogens with zero attached hydrogens (tertiary/aromatic N) is 5. The lowest BCUT2D eigenvalue weighted by Crippen LogP contribution is -2.46. The minimum atomic E-state index is -0.651. The zero-order valence-electron chi connectivity index (χ0n) is 19.6. The number of anilines is 2. The lowest BCUT2D eigenvalue weighted by atomic mass is 10.0. The molecule has 2 fully saturated rings. The summed E-state index contributed by atoms with van der Waals surface area (Å²) in [5, 5.41) is 3.90. The van der Waals surface area contributed by atoms with Crippen molar-refractivity contribution < 1.29 is 14.0 Å². The second-order valence-corrected chi connectivity index (χ2v) is 10.7. The molecule has 4 heterocycles. The first-order chi connectivity index (χ1) is 17.2. The van der Waals surface area contributed by atoms with E-state index in [1.807, 2.05) is 6.07 Å². The Morgan fingerprint density at radius 2 is 2.08 bits per heavy atom. The van der Waals surface area contributed by atoms with Crippen molar-refractivity contribution in [3.8, 4) is 0 Å². The highest BCUT2D eigenvalue weighted by atomic mass is 79.9. The van der Waals surface area contributed by atoms with Gasteiger partial charge in [-0.05, 0) is 70.9 Å². The van der Waals surface area contributed by atoms with Crippen molar-refractivity contribution in [2.24, 2.45) is 5.41 Å². The molecule has 0 spiro atoms. The molecule has 0 radical (unpaired) electrons. The smallest absolute Gasteiger partial charge is 0.248 e.